The molecule has 0 heterocycles. The van der Waals surface area contributed by atoms with Gasteiger partial charge in [0.2, 0.25) is 0 Å². The normalized spacial score (nSPS) is 10.8. The van der Waals surface area contributed by atoms with Gasteiger partial charge in [0.1, 0.15) is 11.5 Å². The molecule has 33 heavy (non-hydrogen) atoms. The molecule has 0 bridgehead atoms. The first-order valence-corrected chi connectivity index (χ1v) is 12.5. The number of hydrogen-bond donors (Lipinski definition) is 0. The van der Waals surface area contributed by atoms with Crippen LogP contribution in [0.4, 0.5) is 0 Å². The Kier molecular flexibility index (Phi) is 6.33. The van der Waals surface area contributed by atoms with E-state index < -0.39 is 7.92 Å². The summed E-state index contributed by atoms with van der Waals surface area (Å²) in [6.45, 7) is 2.09. The topological polar surface area (TPSA) is 9.23 Å². The minimum atomic E-state index is -0.804. The summed E-state index contributed by atoms with van der Waals surface area (Å²) < 4.78 is 6.57. The predicted octanol–water partition coefficient (Wildman–Crippen LogP) is 7.21. The van der Waals surface area contributed by atoms with Gasteiger partial charge >= 0.3 is 0 Å². The highest BCUT2D eigenvalue weighted by atomic mass is 31.1. The summed E-state index contributed by atoms with van der Waals surface area (Å²) in [5, 5.41) is 3.82. The van der Waals surface area contributed by atoms with Crippen molar-refractivity contribution in [1.29, 1.82) is 0 Å². The molecule has 0 fully saturated rings. The molecule has 0 spiro atoms. The van der Waals surface area contributed by atoms with E-state index in [0.717, 1.165) is 17.1 Å². The van der Waals surface area contributed by atoms with E-state index in [-0.39, 0.29) is 0 Å². The smallest absolute Gasteiger partial charge is 0.135 e. The van der Waals surface area contributed by atoms with Crippen molar-refractivity contribution in [2.45, 2.75) is 6.92 Å². The van der Waals surface area contributed by atoms with Crippen LogP contribution in [0.15, 0.2) is 133 Å². The third-order valence-corrected chi connectivity index (χ3v) is 8.11. The molecule has 5 aromatic rings. The van der Waals surface area contributed by atoms with Crippen molar-refractivity contribution < 1.29 is 4.74 Å². The number of ether oxygens (including phenoxy) is 1. The summed E-state index contributed by atoms with van der Waals surface area (Å²) >= 11 is 0. The quantitative estimate of drug-likeness (QED) is 0.251. The molecule has 0 saturated heterocycles. The molecule has 0 unspecified atom stereocenters. The van der Waals surface area contributed by atoms with Gasteiger partial charge in [-0.15, -0.1) is 0 Å². The van der Waals surface area contributed by atoms with Gasteiger partial charge < -0.3 is 4.74 Å². The van der Waals surface area contributed by atoms with Crippen molar-refractivity contribution in [2.75, 3.05) is 0 Å². The lowest BCUT2D eigenvalue weighted by atomic mass is 10.1. The average Bonchev–Trinajstić information content (AvgIpc) is 2.88. The van der Waals surface area contributed by atoms with E-state index in [1.54, 1.807) is 0 Å². The van der Waals surface area contributed by atoms with Crippen molar-refractivity contribution in [3.05, 3.63) is 139 Å². The molecule has 0 aliphatic heterocycles. The van der Waals surface area contributed by atoms with Crippen molar-refractivity contribution in [2.24, 2.45) is 0 Å². The number of benzene rings is 5. The first-order valence-electron chi connectivity index (χ1n) is 11.1. The maximum Gasteiger partial charge on any atom is 0.135 e. The molecule has 0 radical (unpaired) electrons. The summed E-state index contributed by atoms with van der Waals surface area (Å²) in [5.41, 5.74) is 3.53. The molecule has 0 atom stereocenters. The van der Waals surface area contributed by atoms with Gasteiger partial charge in [0, 0.05) is 5.30 Å². The van der Waals surface area contributed by atoms with E-state index in [1.165, 1.54) is 27.0 Å². The second-order valence-electron chi connectivity index (χ2n) is 7.92. The number of aryl methyl sites for hydroxylation is 1. The molecule has 2 heteroatoms. The Hall–Kier alpha value is -3.67. The molecule has 0 N–H and O–H groups in total. The lowest BCUT2D eigenvalue weighted by Gasteiger charge is -2.23. The van der Waals surface area contributed by atoms with Crippen LogP contribution in [0, 0.1) is 6.92 Å². The summed E-state index contributed by atoms with van der Waals surface area (Å²) in [4.78, 5) is 0. The molecule has 160 valence electrons. The van der Waals surface area contributed by atoms with Gasteiger partial charge in [-0.25, -0.2) is 0 Å². The minimum Gasteiger partial charge on any atom is -0.456 e. The summed E-state index contributed by atoms with van der Waals surface area (Å²) in [6, 6.07) is 46.9. The van der Waals surface area contributed by atoms with Crippen LogP contribution in [0.2, 0.25) is 0 Å². The van der Waals surface area contributed by atoms with E-state index in [4.69, 9.17) is 4.74 Å². The average molecular weight is 445 g/mol. The highest BCUT2D eigenvalue weighted by molar-refractivity contribution is 7.80. The van der Waals surface area contributed by atoms with Crippen LogP contribution < -0.4 is 20.7 Å². The molecule has 0 aromatic heterocycles. The SMILES string of the molecule is Cc1ccccc1Oc1ccc(-c2ccccc2)cc1P(c1ccccc1)c1ccccc1. The largest absolute Gasteiger partial charge is 0.456 e. The van der Waals surface area contributed by atoms with Gasteiger partial charge in [-0.3, -0.25) is 0 Å². The Labute approximate surface area is 197 Å². The van der Waals surface area contributed by atoms with Gasteiger partial charge in [-0.05, 0) is 60.3 Å². The summed E-state index contributed by atoms with van der Waals surface area (Å²) in [7, 11) is -0.804. The fourth-order valence-electron chi connectivity index (χ4n) is 3.96. The zero-order valence-electron chi connectivity index (χ0n) is 18.6. The Balaban J connectivity index is 1.71. The molecule has 0 aliphatic carbocycles. The fourth-order valence-corrected chi connectivity index (χ4v) is 6.36. The second-order valence-corrected chi connectivity index (χ2v) is 10.1. The van der Waals surface area contributed by atoms with Crippen LogP contribution in [0.5, 0.6) is 11.5 Å². The van der Waals surface area contributed by atoms with E-state index in [0.29, 0.717) is 0 Å². The Morgan fingerprint density at radius 3 is 1.64 bits per heavy atom. The number of rotatable bonds is 6. The number of hydrogen-bond acceptors (Lipinski definition) is 1. The predicted molar refractivity (Wildman–Crippen MR) is 142 cm³/mol. The molecule has 1 nitrogen and oxygen atoms in total. The molecule has 5 rings (SSSR count). The van der Waals surface area contributed by atoms with Crippen LogP contribution in [-0.4, -0.2) is 0 Å². The van der Waals surface area contributed by atoms with Crippen molar-refractivity contribution in [1.82, 2.24) is 0 Å². The summed E-state index contributed by atoms with van der Waals surface area (Å²) in [5.74, 6) is 1.80. The van der Waals surface area contributed by atoms with Gasteiger partial charge in [0.15, 0.2) is 0 Å². The molecule has 5 aromatic carbocycles. The van der Waals surface area contributed by atoms with Crippen molar-refractivity contribution >= 4 is 23.8 Å². The van der Waals surface area contributed by atoms with Crippen molar-refractivity contribution in [3.63, 3.8) is 0 Å². The number of para-hydroxylation sites is 1. The molecule has 0 amide bonds. The monoisotopic (exact) mass is 444 g/mol. The molecule has 0 aliphatic rings. The van der Waals surface area contributed by atoms with Crippen LogP contribution in [0.1, 0.15) is 5.56 Å². The molecule has 0 saturated carbocycles. The van der Waals surface area contributed by atoms with Crippen LogP contribution in [0.3, 0.4) is 0 Å². The van der Waals surface area contributed by atoms with Gasteiger partial charge in [0.05, 0.1) is 0 Å². The molecular weight excluding hydrogens is 419 g/mol. The van der Waals surface area contributed by atoms with Crippen molar-refractivity contribution in [3.8, 4) is 22.6 Å². The highest BCUT2D eigenvalue weighted by Gasteiger charge is 2.22. The Morgan fingerprint density at radius 1 is 0.485 bits per heavy atom. The first-order chi connectivity index (χ1) is 16.3. The summed E-state index contributed by atoms with van der Waals surface area (Å²) in [6.07, 6.45) is 0. The maximum atomic E-state index is 6.57. The van der Waals surface area contributed by atoms with Crippen LogP contribution >= 0.6 is 7.92 Å². The standard InChI is InChI=1S/C31H25OP/c1-24-13-11-12-20-29(24)32-30-22-21-26(25-14-5-2-6-15-25)23-31(30)33(27-16-7-3-8-17-27)28-18-9-4-10-19-28/h2-23H,1H3. The van der Waals surface area contributed by atoms with Gasteiger partial charge in [-0.1, -0.05) is 115 Å². The zero-order valence-corrected chi connectivity index (χ0v) is 19.5. The van der Waals surface area contributed by atoms with E-state index >= 15 is 0 Å². The minimum absolute atomic E-state index is 0.804. The fraction of sp³-hybridized carbons (Fsp3) is 0.0323. The van der Waals surface area contributed by atoms with Crippen LogP contribution in [0.25, 0.3) is 11.1 Å². The molecular formula is C31H25OP. The first kappa shape index (κ1) is 21.2. The second kappa shape index (κ2) is 9.86. The highest BCUT2D eigenvalue weighted by Crippen LogP contribution is 2.39. The van der Waals surface area contributed by atoms with Gasteiger partial charge in [0.25, 0.3) is 0 Å². The third-order valence-electron chi connectivity index (χ3n) is 5.65. The Bertz CT molecular complexity index is 1290. The maximum absolute atomic E-state index is 6.57. The van der Waals surface area contributed by atoms with E-state index in [9.17, 15) is 0 Å². The van der Waals surface area contributed by atoms with E-state index in [1.807, 2.05) is 18.2 Å². The Morgan fingerprint density at radius 2 is 1.03 bits per heavy atom. The zero-order chi connectivity index (χ0) is 22.5. The van der Waals surface area contributed by atoms with E-state index in [2.05, 4.69) is 122 Å². The lowest BCUT2D eigenvalue weighted by molar-refractivity contribution is 0.483. The third kappa shape index (κ3) is 4.75. The van der Waals surface area contributed by atoms with Crippen LogP contribution in [-0.2, 0) is 0 Å². The van der Waals surface area contributed by atoms with Gasteiger partial charge in [-0.2, -0.15) is 0 Å². The lowest BCUT2D eigenvalue weighted by Crippen LogP contribution is -2.22.